The predicted octanol–water partition coefficient (Wildman–Crippen LogP) is 15.1. The van der Waals surface area contributed by atoms with Gasteiger partial charge in [-0.2, -0.15) is 0 Å². The highest BCUT2D eigenvalue weighted by Gasteiger charge is 2.25. The van der Waals surface area contributed by atoms with E-state index in [1.165, 1.54) is 51.5 Å². The van der Waals surface area contributed by atoms with E-state index in [4.69, 9.17) is 4.42 Å². The van der Waals surface area contributed by atoms with E-state index >= 15 is 0 Å². The van der Waals surface area contributed by atoms with Crippen molar-refractivity contribution in [1.29, 1.82) is 0 Å². The van der Waals surface area contributed by atoms with Crippen molar-refractivity contribution in [2.24, 2.45) is 0 Å². The van der Waals surface area contributed by atoms with Gasteiger partial charge in [0.2, 0.25) is 0 Å². The average Bonchev–Trinajstić information content (AvgIpc) is 3.91. The average molecular weight is 700 g/mol. The molecule has 0 bridgehead atoms. The largest absolute Gasteiger partial charge is 0.455 e. The zero-order valence-electron chi connectivity index (χ0n) is 27.9. The van der Waals surface area contributed by atoms with Gasteiger partial charge in [-0.15, -0.1) is 22.7 Å². The van der Waals surface area contributed by atoms with Gasteiger partial charge in [-0.3, -0.25) is 0 Å². The van der Waals surface area contributed by atoms with Crippen LogP contribution in [0.5, 0.6) is 0 Å². The Morgan fingerprint density at radius 2 is 1.08 bits per heavy atom. The lowest BCUT2D eigenvalue weighted by Gasteiger charge is -2.27. The summed E-state index contributed by atoms with van der Waals surface area (Å²) in [7, 11) is 0. The Hall–Kier alpha value is -6.20. The smallest absolute Gasteiger partial charge is 0.145 e. The van der Waals surface area contributed by atoms with Crippen molar-refractivity contribution in [3.05, 3.63) is 176 Å². The van der Waals surface area contributed by atoms with Gasteiger partial charge in [0.15, 0.2) is 0 Å². The molecule has 8 aromatic carbocycles. The van der Waals surface area contributed by atoms with Crippen LogP contribution < -0.4 is 4.90 Å². The van der Waals surface area contributed by atoms with Gasteiger partial charge in [-0.25, -0.2) is 0 Å². The first-order valence-electron chi connectivity index (χ1n) is 17.5. The lowest BCUT2D eigenvalue weighted by atomic mass is 9.98. The van der Waals surface area contributed by atoms with Crippen LogP contribution >= 0.6 is 22.7 Å². The number of rotatable bonds is 5. The maximum absolute atomic E-state index is 6.79. The van der Waals surface area contributed by atoms with Crippen LogP contribution in [-0.2, 0) is 0 Å². The monoisotopic (exact) mass is 699 g/mol. The lowest BCUT2D eigenvalue weighted by molar-refractivity contribution is 0.670. The van der Waals surface area contributed by atoms with Gasteiger partial charge in [0.1, 0.15) is 11.2 Å². The summed E-state index contributed by atoms with van der Waals surface area (Å²) in [4.78, 5) is 2.48. The molecular weight excluding hydrogens is 671 g/mol. The molecule has 0 saturated carbocycles. The van der Waals surface area contributed by atoms with Gasteiger partial charge in [-0.1, -0.05) is 121 Å². The summed E-state index contributed by atoms with van der Waals surface area (Å²) in [5.41, 5.74) is 9.84. The van der Waals surface area contributed by atoms with E-state index in [2.05, 4.69) is 181 Å². The minimum atomic E-state index is 0.883. The Labute approximate surface area is 308 Å². The second-order valence-corrected chi connectivity index (χ2v) is 15.4. The molecule has 0 aliphatic heterocycles. The van der Waals surface area contributed by atoms with Crippen LogP contribution in [0.25, 0.3) is 84.5 Å². The Morgan fingerprint density at radius 1 is 0.404 bits per heavy atom. The number of thiophene rings is 2. The number of furan rings is 1. The number of para-hydroxylation sites is 1. The van der Waals surface area contributed by atoms with Crippen LogP contribution in [0.3, 0.4) is 0 Å². The van der Waals surface area contributed by atoms with Crippen molar-refractivity contribution < 1.29 is 4.42 Å². The van der Waals surface area contributed by atoms with E-state index in [0.717, 1.165) is 50.1 Å². The van der Waals surface area contributed by atoms with Gasteiger partial charge in [0, 0.05) is 52.3 Å². The molecule has 11 aromatic rings. The third-order valence-electron chi connectivity index (χ3n) is 10.3. The highest BCUT2D eigenvalue weighted by molar-refractivity contribution is 7.26. The Kier molecular flexibility index (Phi) is 6.63. The van der Waals surface area contributed by atoms with Crippen LogP contribution in [0.2, 0.25) is 0 Å². The Morgan fingerprint density at radius 3 is 1.92 bits per heavy atom. The quantitative estimate of drug-likeness (QED) is 0.178. The SMILES string of the molecule is c1ccc(-c2ccc(N(c3ccc4sc5cccc(-c6ccccc6)c5c4c3)c3cccc4c3sc3ccccc34)c3c2oc2ccccc23)cc1. The Bertz CT molecular complexity index is 3130. The highest BCUT2D eigenvalue weighted by Crippen LogP contribution is 2.51. The van der Waals surface area contributed by atoms with Gasteiger partial charge in [0.05, 0.1) is 21.5 Å². The summed E-state index contributed by atoms with van der Waals surface area (Å²) in [6, 6.07) is 63.5. The van der Waals surface area contributed by atoms with E-state index in [1.54, 1.807) is 0 Å². The fourth-order valence-electron chi connectivity index (χ4n) is 7.97. The van der Waals surface area contributed by atoms with Crippen molar-refractivity contribution in [3.8, 4) is 22.3 Å². The van der Waals surface area contributed by atoms with Crippen LogP contribution in [0.1, 0.15) is 0 Å². The number of fused-ring (bicyclic) bond motifs is 9. The molecule has 0 radical (unpaired) electrons. The molecule has 0 fully saturated rings. The summed E-state index contributed by atoms with van der Waals surface area (Å²) >= 11 is 3.72. The third-order valence-corrected chi connectivity index (χ3v) is 12.6. The van der Waals surface area contributed by atoms with Crippen LogP contribution in [0, 0.1) is 0 Å². The normalized spacial score (nSPS) is 11.8. The summed E-state index contributed by atoms with van der Waals surface area (Å²) in [5, 5.41) is 7.33. The zero-order valence-corrected chi connectivity index (χ0v) is 29.5. The molecule has 11 rings (SSSR count). The first-order chi connectivity index (χ1) is 25.8. The maximum atomic E-state index is 6.79. The summed E-state index contributed by atoms with van der Waals surface area (Å²) in [5.74, 6) is 0. The van der Waals surface area contributed by atoms with Crippen LogP contribution in [-0.4, -0.2) is 0 Å². The van der Waals surface area contributed by atoms with Crippen molar-refractivity contribution in [2.45, 2.75) is 0 Å². The molecule has 0 amide bonds. The molecule has 3 aromatic heterocycles. The minimum absolute atomic E-state index is 0.883. The summed E-state index contributed by atoms with van der Waals surface area (Å²) in [6.45, 7) is 0. The number of hydrogen-bond donors (Lipinski definition) is 0. The number of hydrogen-bond acceptors (Lipinski definition) is 4. The molecule has 4 heteroatoms. The van der Waals surface area contributed by atoms with Gasteiger partial charge in [-0.05, 0) is 71.3 Å². The highest BCUT2D eigenvalue weighted by atomic mass is 32.1. The Balaban J connectivity index is 1.25. The van der Waals surface area contributed by atoms with Crippen molar-refractivity contribution >= 4 is 102 Å². The molecule has 2 nitrogen and oxygen atoms in total. The van der Waals surface area contributed by atoms with Crippen molar-refractivity contribution in [2.75, 3.05) is 4.90 Å². The predicted molar refractivity (Wildman–Crippen MR) is 225 cm³/mol. The maximum Gasteiger partial charge on any atom is 0.145 e. The second kappa shape index (κ2) is 11.7. The van der Waals surface area contributed by atoms with Crippen LogP contribution in [0.4, 0.5) is 17.1 Å². The van der Waals surface area contributed by atoms with E-state index in [-0.39, 0.29) is 0 Å². The molecule has 0 saturated heterocycles. The van der Waals surface area contributed by atoms with E-state index in [0.29, 0.717) is 0 Å². The standard InChI is InChI=1S/C48H29NOS2/c1-3-13-30(14-4-1)33-19-12-24-44-45(33)38-29-32(25-28-43(38)51-44)49(40-21-11-20-36-35-17-8-10-23-42(35)52-48(36)40)39-27-26-34(31-15-5-2-6-16-31)47-46(39)37-18-7-9-22-41(37)50-47/h1-29H. The molecule has 0 aliphatic rings. The van der Waals surface area contributed by atoms with Gasteiger partial charge < -0.3 is 9.32 Å². The van der Waals surface area contributed by atoms with E-state index in [9.17, 15) is 0 Å². The number of benzene rings is 8. The lowest BCUT2D eigenvalue weighted by Crippen LogP contribution is -2.10. The zero-order chi connectivity index (χ0) is 34.2. The molecule has 3 heterocycles. The van der Waals surface area contributed by atoms with E-state index < -0.39 is 0 Å². The molecular formula is C48H29NOS2. The van der Waals surface area contributed by atoms with E-state index in [1.807, 2.05) is 22.7 Å². The van der Waals surface area contributed by atoms with Crippen LogP contribution in [0.15, 0.2) is 180 Å². The first kappa shape index (κ1) is 29.5. The number of nitrogens with zero attached hydrogens (tertiary/aromatic N) is 1. The molecule has 0 atom stereocenters. The number of anilines is 3. The molecule has 0 aliphatic carbocycles. The summed E-state index contributed by atoms with van der Waals surface area (Å²) < 4.78 is 11.9. The van der Waals surface area contributed by atoms with Crippen molar-refractivity contribution in [3.63, 3.8) is 0 Å². The molecule has 52 heavy (non-hydrogen) atoms. The van der Waals surface area contributed by atoms with Gasteiger partial charge >= 0.3 is 0 Å². The first-order valence-corrected chi connectivity index (χ1v) is 19.1. The molecule has 0 spiro atoms. The molecule has 244 valence electrons. The topological polar surface area (TPSA) is 16.4 Å². The van der Waals surface area contributed by atoms with Gasteiger partial charge in [0.25, 0.3) is 0 Å². The second-order valence-electron chi connectivity index (χ2n) is 13.2. The van der Waals surface area contributed by atoms with Crippen molar-refractivity contribution in [1.82, 2.24) is 0 Å². The summed E-state index contributed by atoms with van der Waals surface area (Å²) in [6.07, 6.45) is 0. The third kappa shape index (κ3) is 4.48. The fourth-order valence-corrected chi connectivity index (χ4v) is 10.3. The molecule has 0 N–H and O–H groups in total. The fraction of sp³-hybridized carbons (Fsp3) is 0. The minimum Gasteiger partial charge on any atom is -0.455 e. The molecule has 0 unspecified atom stereocenters.